The lowest BCUT2D eigenvalue weighted by Crippen LogP contribution is -2.30. The van der Waals surface area contributed by atoms with Crippen molar-refractivity contribution in [2.75, 3.05) is 20.8 Å². The van der Waals surface area contributed by atoms with Crippen molar-refractivity contribution < 1.29 is 9.47 Å². The van der Waals surface area contributed by atoms with Crippen molar-refractivity contribution in [3.63, 3.8) is 0 Å². The second-order valence-corrected chi connectivity index (χ2v) is 5.68. The Morgan fingerprint density at radius 3 is 2.30 bits per heavy atom. The number of hydrogen-bond acceptors (Lipinski definition) is 3. The molecule has 0 amide bonds. The van der Waals surface area contributed by atoms with E-state index in [1.54, 1.807) is 14.2 Å². The van der Waals surface area contributed by atoms with Crippen LogP contribution in [0.1, 0.15) is 44.7 Å². The molecule has 3 heteroatoms. The fourth-order valence-corrected chi connectivity index (χ4v) is 3.54. The van der Waals surface area contributed by atoms with Gasteiger partial charge in [-0.3, -0.25) is 0 Å². The van der Waals surface area contributed by atoms with Crippen LogP contribution in [0.3, 0.4) is 0 Å². The molecule has 1 fully saturated rings. The molecular weight excluding hydrogens is 250 g/mol. The van der Waals surface area contributed by atoms with Crippen molar-refractivity contribution in [3.05, 3.63) is 23.8 Å². The molecule has 0 saturated heterocycles. The molecule has 1 saturated carbocycles. The van der Waals surface area contributed by atoms with Crippen molar-refractivity contribution in [3.8, 4) is 11.5 Å². The first-order valence-electron chi connectivity index (χ1n) is 7.67. The molecule has 1 aliphatic carbocycles. The highest BCUT2D eigenvalue weighted by molar-refractivity contribution is 5.47. The highest BCUT2D eigenvalue weighted by atomic mass is 16.5. The standard InChI is InChI=1S/C17H27NO2/c1-5-18-17(13-9-6-8-12(13)2)16-14(19-3)10-7-11-15(16)20-4/h7,10-13,17-18H,5-6,8-9H2,1-4H3. The third kappa shape index (κ3) is 2.93. The molecule has 0 heterocycles. The summed E-state index contributed by atoms with van der Waals surface area (Å²) in [6.07, 6.45) is 3.93. The first-order valence-corrected chi connectivity index (χ1v) is 7.67. The zero-order chi connectivity index (χ0) is 14.5. The molecule has 3 nitrogen and oxygen atoms in total. The summed E-state index contributed by atoms with van der Waals surface area (Å²) in [5.41, 5.74) is 1.18. The number of rotatable bonds is 6. The van der Waals surface area contributed by atoms with Crippen molar-refractivity contribution in [2.45, 2.75) is 39.2 Å². The Hall–Kier alpha value is -1.22. The number of benzene rings is 1. The van der Waals surface area contributed by atoms with Crippen molar-refractivity contribution >= 4 is 0 Å². The van der Waals surface area contributed by atoms with Gasteiger partial charge >= 0.3 is 0 Å². The van der Waals surface area contributed by atoms with Gasteiger partial charge in [-0.25, -0.2) is 0 Å². The Kier molecular flexibility index (Phi) is 5.30. The lowest BCUT2D eigenvalue weighted by molar-refractivity contribution is 0.285. The van der Waals surface area contributed by atoms with E-state index in [1.807, 2.05) is 18.2 Å². The molecule has 112 valence electrons. The summed E-state index contributed by atoms with van der Waals surface area (Å²) in [5.74, 6) is 3.25. The van der Waals surface area contributed by atoms with E-state index in [0.29, 0.717) is 12.0 Å². The molecule has 0 aromatic heterocycles. The highest BCUT2D eigenvalue weighted by Crippen LogP contribution is 2.45. The summed E-state index contributed by atoms with van der Waals surface area (Å²) in [4.78, 5) is 0. The van der Waals surface area contributed by atoms with Gasteiger partial charge in [0.1, 0.15) is 11.5 Å². The van der Waals surface area contributed by atoms with Crippen molar-refractivity contribution in [1.82, 2.24) is 5.32 Å². The second kappa shape index (κ2) is 6.98. The van der Waals surface area contributed by atoms with Gasteiger partial charge in [0.15, 0.2) is 0 Å². The van der Waals surface area contributed by atoms with E-state index in [2.05, 4.69) is 19.2 Å². The minimum atomic E-state index is 0.309. The molecule has 3 atom stereocenters. The Bertz CT molecular complexity index is 411. The van der Waals surface area contributed by atoms with Crippen LogP contribution in [0.5, 0.6) is 11.5 Å². The minimum Gasteiger partial charge on any atom is -0.496 e. The predicted molar refractivity (Wildman–Crippen MR) is 82.5 cm³/mol. The zero-order valence-electron chi connectivity index (χ0n) is 13.1. The van der Waals surface area contributed by atoms with Gasteiger partial charge < -0.3 is 14.8 Å². The maximum atomic E-state index is 5.59. The number of methoxy groups -OCH3 is 2. The van der Waals surface area contributed by atoms with Gasteiger partial charge in [-0.15, -0.1) is 0 Å². The maximum Gasteiger partial charge on any atom is 0.127 e. The maximum absolute atomic E-state index is 5.59. The quantitative estimate of drug-likeness (QED) is 0.858. The van der Waals surface area contributed by atoms with E-state index >= 15 is 0 Å². The lowest BCUT2D eigenvalue weighted by atomic mass is 9.85. The van der Waals surface area contributed by atoms with Crippen LogP contribution in [0.4, 0.5) is 0 Å². The third-order valence-electron chi connectivity index (χ3n) is 4.56. The normalized spacial score (nSPS) is 23.6. The molecule has 0 spiro atoms. The predicted octanol–water partition coefficient (Wildman–Crippen LogP) is 3.79. The molecular formula is C17H27NO2. The second-order valence-electron chi connectivity index (χ2n) is 5.68. The summed E-state index contributed by atoms with van der Waals surface area (Å²) in [7, 11) is 3.47. The van der Waals surface area contributed by atoms with Gasteiger partial charge in [-0.1, -0.05) is 32.8 Å². The lowest BCUT2D eigenvalue weighted by Gasteiger charge is -2.30. The molecule has 20 heavy (non-hydrogen) atoms. The van der Waals surface area contributed by atoms with Crippen LogP contribution in [0.2, 0.25) is 0 Å². The first kappa shape index (κ1) is 15.2. The van der Waals surface area contributed by atoms with Crippen LogP contribution in [-0.4, -0.2) is 20.8 Å². The SMILES string of the molecule is CCNC(c1c(OC)cccc1OC)C1CCCC1C. The summed E-state index contributed by atoms with van der Waals surface area (Å²) in [6, 6.07) is 6.36. The molecule has 1 aromatic carbocycles. The van der Waals surface area contributed by atoms with Crippen molar-refractivity contribution in [1.29, 1.82) is 0 Å². The Labute approximate surface area is 122 Å². The summed E-state index contributed by atoms with van der Waals surface area (Å²) in [5, 5.41) is 3.66. The van der Waals surface area contributed by atoms with Gasteiger partial charge in [-0.2, -0.15) is 0 Å². The molecule has 1 aromatic rings. The van der Waals surface area contributed by atoms with E-state index in [0.717, 1.165) is 24.0 Å². The summed E-state index contributed by atoms with van der Waals surface area (Å²) >= 11 is 0. The Balaban J connectivity index is 2.42. The van der Waals surface area contributed by atoms with Crippen LogP contribution in [-0.2, 0) is 0 Å². The van der Waals surface area contributed by atoms with E-state index in [4.69, 9.17) is 9.47 Å². The average molecular weight is 277 g/mol. The van der Waals surface area contributed by atoms with Crippen LogP contribution in [0, 0.1) is 11.8 Å². The van der Waals surface area contributed by atoms with Gasteiger partial charge in [0, 0.05) is 6.04 Å². The van der Waals surface area contributed by atoms with E-state index in [-0.39, 0.29) is 0 Å². The van der Waals surface area contributed by atoms with E-state index < -0.39 is 0 Å². The zero-order valence-corrected chi connectivity index (χ0v) is 13.1. The number of ether oxygens (including phenoxy) is 2. The smallest absolute Gasteiger partial charge is 0.127 e. The van der Waals surface area contributed by atoms with E-state index in [1.165, 1.54) is 24.8 Å². The molecule has 0 radical (unpaired) electrons. The largest absolute Gasteiger partial charge is 0.496 e. The summed E-state index contributed by atoms with van der Waals surface area (Å²) < 4.78 is 11.2. The highest BCUT2D eigenvalue weighted by Gasteiger charge is 2.34. The summed E-state index contributed by atoms with van der Waals surface area (Å²) in [6.45, 7) is 5.48. The molecule has 3 unspecified atom stereocenters. The van der Waals surface area contributed by atoms with Gasteiger partial charge in [-0.05, 0) is 36.9 Å². The molecule has 1 aliphatic rings. The number of nitrogens with one attached hydrogen (secondary N) is 1. The Morgan fingerprint density at radius 2 is 1.85 bits per heavy atom. The fourth-order valence-electron chi connectivity index (χ4n) is 3.54. The third-order valence-corrected chi connectivity index (χ3v) is 4.56. The van der Waals surface area contributed by atoms with Crippen LogP contribution >= 0.6 is 0 Å². The van der Waals surface area contributed by atoms with Gasteiger partial charge in [0.05, 0.1) is 19.8 Å². The molecule has 2 rings (SSSR count). The van der Waals surface area contributed by atoms with Crippen LogP contribution < -0.4 is 14.8 Å². The van der Waals surface area contributed by atoms with Crippen molar-refractivity contribution in [2.24, 2.45) is 11.8 Å². The Morgan fingerprint density at radius 1 is 1.20 bits per heavy atom. The average Bonchev–Trinajstić information content (AvgIpc) is 2.90. The molecule has 0 bridgehead atoms. The fraction of sp³-hybridized carbons (Fsp3) is 0.647. The van der Waals surface area contributed by atoms with E-state index in [9.17, 15) is 0 Å². The molecule has 0 aliphatic heterocycles. The monoisotopic (exact) mass is 277 g/mol. The van der Waals surface area contributed by atoms with Gasteiger partial charge in [0.2, 0.25) is 0 Å². The van der Waals surface area contributed by atoms with Crippen LogP contribution in [0.25, 0.3) is 0 Å². The first-order chi connectivity index (χ1) is 9.72. The topological polar surface area (TPSA) is 30.5 Å². The van der Waals surface area contributed by atoms with Gasteiger partial charge in [0.25, 0.3) is 0 Å². The number of hydrogen-bond donors (Lipinski definition) is 1. The molecule has 1 N–H and O–H groups in total. The minimum absolute atomic E-state index is 0.309. The van der Waals surface area contributed by atoms with Crippen LogP contribution in [0.15, 0.2) is 18.2 Å².